The average molecular weight is 280 g/mol. The van der Waals surface area contributed by atoms with E-state index in [0.717, 1.165) is 0 Å². The lowest BCUT2D eigenvalue weighted by Gasteiger charge is -2.30. The monoisotopic (exact) mass is 280 g/mol. The average Bonchev–Trinajstić information content (AvgIpc) is 2.36. The summed E-state index contributed by atoms with van der Waals surface area (Å²) in [4.78, 5) is 24.7. The molecule has 1 aromatic rings. The number of nitrogens with zero attached hydrogens (tertiary/aromatic N) is 3. The van der Waals surface area contributed by atoms with Crippen molar-refractivity contribution in [2.45, 2.75) is 52.7 Å². The zero-order valence-electron chi connectivity index (χ0n) is 12.4. The first-order chi connectivity index (χ1) is 9.32. The molecule has 1 rings (SSSR count). The fourth-order valence-corrected chi connectivity index (χ4v) is 2.07. The molecular weight excluding hydrogens is 258 g/mol. The van der Waals surface area contributed by atoms with Gasteiger partial charge in [-0.1, -0.05) is 4.68 Å². The molecule has 110 valence electrons. The highest BCUT2D eigenvalue weighted by Gasteiger charge is 2.22. The number of amides is 1. The minimum Gasteiger partial charge on any atom is -0.481 e. The van der Waals surface area contributed by atoms with E-state index in [0.29, 0.717) is 12.1 Å². The van der Waals surface area contributed by atoms with Crippen molar-refractivity contribution >= 4 is 11.9 Å². The predicted molar refractivity (Wildman–Crippen MR) is 73.1 cm³/mol. The predicted octanol–water partition coefficient (Wildman–Crippen LogP) is 1.10. The maximum atomic E-state index is 12.4. The number of carbonyl (C=O) groups is 2. The van der Waals surface area contributed by atoms with Gasteiger partial charge in [0.15, 0.2) is 12.7 Å². The Bertz CT molecular complexity index is 461. The van der Waals surface area contributed by atoms with Crippen molar-refractivity contribution in [1.29, 1.82) is 0 Å². The summed E-state index contributed by atoms with van der Waals surface area (Å²) in [5.41, 5.74) is 0.513. The lowest BCUT2D eigenvalue weighted by atomic mass is 10.2. The van der Waals surface area contributed by atoms with Gasteiger partial charge >= 0.3 is 5.97 Å². The summed E-state index contributed by atoms with van der Waals surface area (Å²) < 4.78 is 1.51. The van der Waals surface area contributed by atoms with Crippen molar-refractivity contribution in [2.24, 2.45) is 0 Å². The van der Waals surface area contributed by atoms with Crippen molar-refractivity contribution in [3.8, 4) is 0 Å². The fourth-order valence-electron chi connectivity index (χ4n) is 2.07. The minimum absolute atomic E-state index is 0.00900. The van der Waals surface area contributed by atoms with E-state index in [4.69, 9.17) is 5.11 Å². The number of carbonyl (C=O) groups excluding carboxylic acids is 1. The summed E-state index contributed by atoms with van der Waals surface area (Å²) in [6, 6.07) is 1.90. The van der Waals surface area contributed by atoms with Gasteiger partial charge in [-0.25, -0.2) is 0 Å². The topological polar surface area (TPSA) is 74.4 Å². The highest BCUT2D eigenvalue weighted by molar-refractivity contribution is 5.94. The molecule has 6 nitrogen and oxygen atoms in total. The van der Waals surface area contributed by atoms with Crippen molar-refractivity contribution in [3.05, 3.63) is 24.0 Å². The first-order valence-corrected chi connectivity index (χ1v) is 6.73. The largest absolute Gasteiger partial charge is 0.481 e. The summed E-state index contributed by atoms with van der Waals surface area (Å²) in [5, 5.41) is 12.7. The van der Waals surface area contributed by atoms with Crippen LogP contribution in [0.1, 0.15) is 44.5 Å². The second-order valence-corrected chi connectivity index (χ2v) is 5.22. The van der Waals surface area contributed by atoms with E-state index in [1.54, 1.807) is 17.2 Å². The third-order valence-electron chi connectivity index (χ3n) is 2.92. The van der Waals surface area contributed by atoms with Crippen molar-refractivity contribution in [2.75, 3.05) is 0 Å². The van der Waals surface area contributed by atoms with Crippen LogP contribution in [0.15, 0.2) is 18.5 Å². The summed E-state index contributed by atoms with van der Waals surface area (Å²) in [6.45, 7) is 8.19. The van der Waals surface area contributed by atoms with E-state index in [-0.39, 0.29) is 24.4 Å². The molecule has 6 heteroatoms. The Morgan fingerprint density at radius 1 is 1.30 bits per heavy atom. The van der Waals surface area contributed by atoms with Crippen LogP contribution in [0.5, 0.6) is 0 Å². The molecule has 0 aliphatic rings. The van der Waals surface area contributed by atoms with Crippen molar-refractivity contribution < 1.29 is 19.4 Å². The number of carboxylic acids is 1. The van der Waals surface area contributed by atoms with Gasteiger partial charge in [0.2, 0.25) is 0 Å². The first-order valence-electron chi connectivity index (χ1n) is 6.73. The molecule has 0 aliphatic heterocycles. The Morgan fingerprint density at radius 2 is 1.90 bits per heavy atom. The highest BCUT2D eigenvalue weighted by Crippen LogP contribution is 2.10. The molecule has 0 unspecified atom stereocenters. The van der Waals surface area contributed by atoms with Crippen LogP contribution in [0.25, 0.3) is 0 Å². The van der Waals surface area contributed by atoms with Gasteiger partial charge in [0.05, 0.1) is 5.56 Å². The van der Waals surface area contributed by atoms with Crippen LogP contribution in [0.4, 0.5) is 0 Å². The molecule has 0 spiro atoms. The number of aliphatic carboxylic acids is 1. The van der Waals surface area contributed by atoms with E-state index < -0.39 is 5.97 Å². The lowest BCUT2D eigenvalue weighted by molar-refractivity contribution is -0.753. The zero-order chi connectivity index (χ0) is 15.3. The summed E-state index contributed by atoms with van der Waals surface area (Å²) >= 11 is 0. The molecule has 0 aromatic carbocycles. The fraction of sp³-hybridized carbons (Fsp3) is 0.571. The SMILES string of the molecule is CC(C)N(C(=O)c1cc[n+](CCC(=O)O)nc1)C(C)C. The van der Waals surface area contributed by atoms with Crippen molar-refractivity contribution in [3.63, 3.8) is 0 Å². The van der Waals surface area contributed by atoms with E-state index >= 15 is 0 Å². The van der Waals surface area contributed by atoms with Gasteiger partial charge in [-0.05, 0) is 32.8 Å². The smallest absolute Gasteiger partial charge is 0.309 e. The molecule has 1 heterocycles. The Kier molecular flexibility index (Phi) is 5.61. The van der Waals surface area contributed by atoms with E-state index in [2.05, 4.69) is 5.10 Å². The third-order valence-corrected chi connectivity index (χ3v) is 2.92. The Balaban J connectivity index is 2.81. The van der Waals surface area contributed by atoms with Gasteiger partial charge < -0.3 is 10.0 Å². The van der Waals surface area contributed by atoms with Gasteiger partial charge in [-0.2, -0.15) is 0 Å². The van der Waals surface area contributed by atoms with Crippen LogP contribution < -0.4 is 4.68 Å². The van der Waals surface area contributed by atoms with Crippen LogP contribution in [0, 0.1) is 0 Å². The molecule has 0 fully saturated rings. The van der Waals surface area contributed by atoms with Crippen LogP contribution in [-0.2, 0) is 11.3 Å². The second-order valence-electron chi connectivity index (χ2n) is 5.22. The lowest BCUT2D eigenvalue weighted by Crippen LogP contribution is -2.43. The Hall–Kier alpha value is -1.98. The quantitative estimate of drug-likeness (QED) is 0.792. The summed E-state index contributed by atoms with van der Waals surface area (Å²) in [5.74, 6) is -0.932. The summed E-state index contributed by atoms with van der Waals surface area (Å²) in [7, 11) is 0. The normalized spacial score (nSPS) is 10.9. The van der Waals surface area contributed by atoms with Gasteiger partial charge in [-0.15, -0.1) is 0 Å². The first kappa shape index (κ1) is 16.1. The van der Waals surface area contributed by atoms with Crippen molar-refractivity contribution in [1.82, 2.24) is 10.00 Å². The molecule has 0 atom stereocenters. The maximum Gasteiger partial charge on any atom is 0.309 e. The molecule has 1 aromatic heterocycles. The number of hydrogen-bond acceptors (Lipinski definition) is 3. The second kappa shape index (κ2) is 6.98. The van der Waals surface area contributed by atoms with Gasteiger partial charge in [0.1, 0.15) is 12.6 Å². The molecule has 1 amide bonds. The standard InChI is InChI=1S/C14H21N3O3/c1-10(2)17(11(3)4)14(20)12-5-7-16(15-9-12)8-6-13(18)19/h5,7,9-11H,6,8H2,1-4H3/p+1. The van der Waals surface area contributed by atoms with Crippen LogP contribution >= 0.6 is 0 Å². The van der Waals surface area contributed by atoms with Gasteiger partial charge in [0, 0.05) is 18.2 Å². The molecule has 1 N–H and O–H groups in total. The molecular formula is C14H22N3O3+. The van der Waals surface area contributed by atoms with Crippen LogP contribution in [0.2, 0.25) is 0 Å². The minimum atomic E-state index is -0.870. The Morgan fingerprint density at radius 3 is 2.30 bits per heavy atom. The third kappa shape index (κ3) is 4.29. The van der Waals surface area contributed by atoms with Gasteiger partial charge in [0.25, 0.3) is 5.91 Å². The van der Waals surface area contributed by atoms with Crippen LogP contribution in [-0.4, -0.2) is 39.1 Å². The molecule has 0 radical (unpaired) electrons. The maximum absolute atomic E-state index is 12.4. The number of hydrogen-bond donors (Lipinski definition) is 1. The number of aromatic nitrogens is 2. The Labute approximate surface area is 119 Å². The van der Waals surface area contributed by atoms with E-state index in [1.165, 1.54) is 10.9 Å². The number of aryl methyl sites for hydroxylation is 1. The van der Waals surface area contributed by atoms with E-state index in [9.17, 15) is 9.59 Å². The van der Waals surface area contributed by atoms with Gasteiger partial charge in [-0.3, -0.25) is 9.59 Å². The van der Waals surface area contributed by atoms with Crippen LogP contribution in [0.3, 0.4) is 0 Å². The molecule has 0 aliphatic carbocycles. The molecule has 0 saturated carbocycles. The molecule has 0 saturated heterocycles. The highest BCUT2D eigenvalue weighted by atomic mass is 16.4. The number of carboxylic acid groups (broad SMARTS) is 1. The van der Waals surface area contributed by atoms with E-state index in [1.807, 2.05) is 27.7 Å². The summed E-state index contributed by atoms with van der Waals surface area (Å²) in [6.07, 6.45) is 3.13. The zero-order valence-corrected chi connectivity index (χ0v) is 12.4. The molecule has 20 heavy (non-hydrogen) atoms. The molecule has 0 bridgehead atoms. The number of rotatable bonds is 6.